The van der Waals surface area contributed by atoms with Gasteiger partial charge in [-0.2, -0.15) is 5.10 Å². The number of benzene rings is 1. The molecule has 8 nitrogen and oxygen atoms in total. The lowest BCUT2D eigenvalue weighted by Gasteiger charge is -2.06. The Balaban J connectivity index is 2.65. The Labute approximate surface area is 106 Å². The van der Waals surface area contributed by atoms with Crippen molar-refractivity contribution in [1.82, 2.24) is 14.8 Å². The van der Waals surface area contributed by atoms with Gasteiger partial charge in [-0.1, -0.05) is 18.2 Å². The molecule has 0 fully saturated rings. The molecule has 8 heteroatoms. The second-order valence-corrected chi connectivity index (χ2v) is 3.75. The maximum absolute atomic E-state index is 11.7. The third-order valence-corrected chi connectivity index (χ3v) is 2.39. The lowest BCUT2D eigenvalue weighted by Crippen LogP contribution is -2.35. The van der Waals surface area contributed by atoms with Crippen molar-refractivity contribution in [3.8, 4) is 11.3 Å². The van der Waals surface area contributed by atoms with Gasteiger partial charge in [-0.05, 0) is 6.07 Å². The lowest BCUT2D eigenvalue weighted by molar-refractivity contribution is -0.138. The molecule has 0 aliphatic carbocycles. The van der Waals surface area contributed by atoms with Crippen LogP contribution in [0.5, 0.6) is 0 Å². The van der Waals surface area contributed by atoms with E-state index in [0.29, 0.717) is 15.9 Å². The number of nitrogens with two attached hydrogens (primary N) is 1. The lowest BCUT2D eigenvalue weighted by atomic mass is 10.1. The van der Waals surface area contributed by atoms with E-state index < -0.39 is 23.8 Å². The van der Waals surface area contributed by atoms with Crippen LogP contribution >= 0.6 is 0 Å². The second-order valence-electron chi connectivity index (χ2n) is 3.75. The first kappa shape index (κ1) is 12.6. The number of carboxylic acids is 1. The molecule has 0 aliphatic heterocycles. The smallest absolute Gasteiger partial charge is 0.345 e. The van der Waals surface area contributed by atoms with Crippen LogP contribution in [-0.4, -0.2) is 25.8 Å². The molecule has 0 spiro atoms. The summed E-state index contributed by atoms with van der Waals surface area (Å²) in [5.74, 6) is -1.24. The number of aromatic nitrogens is 3. The average Bonchev–Trinajstić information content (AvgIpc) is 2.33. The van der Waals surface area contributed by atoms with Crippen LogP contribution < -0.4 is 17.0 Å². The Morgan fingerprint density at radius 3 is 2.68 bits per heavy atom. The van der Waals surface area contributed by atoms with Gasteiger partial charge in [-0.15, -0.1) is 0 Å². The molecule has 4 N–H and O–H groups in total. The van der Waals surface area contributed by atoms with Gasteiger partial charge >= 0.3 is 11.7 Å². The number of carboxylic acid groups (broad SMARTS) is 1. The van der Waals surface area contributed by atoms with Crippen molar-refractivity contribution in [2.24, 2.45) is 0 Å². The van der Waals surface area contributed by atoms with Crippen molar-refractivity contribution in [2.75, 3.05) is 5.73 Å². The van der Waals surface area contributed by atoms with Crippen molar-refractivity contribution in [3.63, 3.8) is 0 Å². The first-order valence-electron chi connectivity index (χ1n) is 5.27. The van der Waals surface area contributed by atoms with Gasteiger partial charge in [0.15, 0.2) is 5.69 Å². The highest BCUT2D eigenvalue weighted by Crippen LogP contribution is 2.19. The Hall–Kier alpha value is -2.90. The number of aromatic amines is 1. The minimum absolute atomic E-state index is 0.0982. The van der Waals surface area contributed by atoms with Crippen molar-refractivity contribution < 1.29 is 9.90 Å². The summed E-state index contributed by atoms with van der Waals surface area (Å²) in [7, 11) is 0. The molecule has 0 saturated carbocycles. The van der Waals surface area contributed by atoms with Gasteiger partial charge in [0.2, 0.25) is 0 Å². The largest absolute Gasteiger partial charge is 0.480 e. The quantitative estimate of drug-likeness (QED) is 0.624. The Kier molecular flexibility index (Phi) is 3.15. The van der Waals surface area contributed by atoms with Gasteiger partial charge in [-0.3, -0.25) is 14.6 Å². The zero-order chi connectivity index (χ0) is 14.0. The molecule has 1 aromatic heterocycles. The summed E-state index contributed by atoms with van der Waals surface area (Å²) in [6, 6.07) is 6.46. The summed E-state index contributed by atoms with van der Waals surface area (Å²) in [6.45, 7) is -0.644. The molecule has 0 amide bonds. The Morgan fingerprint density at radius 2 is 2.05 bits per heavy atom. The molecule has 1 aromatic carbocycles. The monoisotopic (exact) mass is 262 g/mol. The topological polar surface area (TPSA) is 131 Å². The number of hydrogen-bond donors (Lipinski definition) is 3. The van der Waals surface area contributed by atoms with E-state index in [1.165, 1.54) is 0 Å². The maximum Gasteiger partial charge on any atom is 0.345 e. The number of H-pyrrole nitrogens is 1. The van der Waals surface area contributed by atoms with Gasteiger partial charge in [0.1, 0.15) is 6.54 Å². The molecule has 0 bridgehead atoms. The molecule has 0 saturated heterocycles. The molecule has 98 valence electrons. The van der Waals surface area contributed by atoms with E-state index in [1.807, 2.05) is 4.98 Å². The first-order valence-corrected chi connectivity index (χ1v) is 5.27. The van der Waals surface area contributed by atoms with E-state index in [9.17, 15) is 14.4 Å². The van der Waals surface area contributed by atoms with Crippen molar-refractivity contribution >= 4 is 11.7 Å². The second kappa shape index (κ2) is 4.77. The highest BCUT2D eigenvalue weighted by molar-refractivity contribution is 5.72. The van der Waals surface area contributed by atoms with Crippen LogP contribution in [0, 0.1) is 0 Å². The number of nitrogens with zero attached hydrogens (tertiary/aromatic N) is 2. The van der Waals surface area contributed by atoms with E-state index in [-0.39, 0.29) is 5.69 Å². The molecular weight excluding hydrogens is 252 g/mol. The van der Waals surface area contributed by atoms with Crippen LogP contribution in [0.25, 0.3) is 11.3 Å². The summed E-state index contributed by atoms with van der Waals surface area (Å²) in [4.78, 5) is 35.7. The van der Waals surface area contributed by atoms with Crippen molar-refractivity contribution in [2.45, 2.75) is 6.54 Å². The fourth-order valence-corrected chi connectivity index (χ4v) is 1.56. The fraction of sp³-hybridized carbons (Fsp3) is 0.0909. The van der Waals surface area contributed by atoms with Crippen LogP contribution in [0.2, 0.25) is 0 Å². The molecule has 0 unspecified atom stereocenters. The highest BCUT2D eigenvalue weighted by Gasteiger charge is 2.12. The molecule has 0 atom stereocenters. The van der Waals surface area contributed by atoms with Gasteiger partial charge in [0.05, 0.1) is 0 Å². The predicted octanol–water partition coefficient (Wildman–Crippen LogP) is -0.735. The summed E-state index contributed by atoms with van der Waals surface area (Å²) in [5, 5.41) is 12.4. The third-order valence-electron chi connectivity index (χ3n) is 2.39. The minimum atomic E-state index is -1.24. The van der Waals surface area contributed by atoms with E-state index in [0.717, 1.165) is 0 Å². The van der Waals surface area contributed by atoms with Gasteiger partial charge in [0.25, 0.3) is 5.56 Å². The number of carbonyl (C=O) groups is 1. The van der Waals surface area contributed by atoms with E-state index in [2.05, 4.69) is 5.10 Å². The number of rotatable bonds is 3. The Morgan fingerprint density at radius 1 is 1.37 bits per heavy atom. The molecule has 2 aromatic rings. The van der Waals surface area contributed by atoms with E-state index >= 15 is 0 Å². The van der Waals surface area contributed by atoms with Crippen LogP contribution in [0.4, 0.5) is 5.69 Å². The van der Waals surface area contributed by atoms with Crippen LogP contribution in [0.3, 0.4) is 0 Å². The van der Waals surface area contributed by atoms with E-state index in [1.54, 1.807) is 24.3 Å². The number of nitrogen functional groups attached to an aromatic ring is 1. The Bertz CT molecular complexity index is 747. The molecule has 2 rings (SSSR count). The number of aliphatic carboxylic acids is 1. The highest BCUT2D eigenvalue weighted by atomic mass is 16.4. The number of anilines is 1. The first-order chi connectivity index (χ1) is 8.99. The van der Waals surface area contributed by atoms with E-state index in [4.69, 9.17) is 10.8 Å². The molecule has 0 radical (unpaired) electrons. The number of hydrogen-bond acceptors (Lipinski definition) is 5. The number of nitrogens with one attached hydrogen (secondary N) is 1. The molecular formula is C11H10N4O4. The predicted molar refractivity (Wildman–Crippen MR) is 66.6 cm³/mol. The fourth-order valence-electron chi connectivity index (χ4n) is 1.56. The zero-order valence-corrected chi connectivity index (χ0v) is 9.66. The van der Waals surface area contributed by atoms with Crippen LogP contribution in [0.1, 0.15) is 0 Å². The minimum Gasteiger partial charge on any atom is -0.480 e. The molecule has 19 heavy (non-hydrogen) atoms. The maximum atomic E-state index is 11.7. The summed E-state index contributed by atoms with van der Waals surface area (Å²) >= 11 is 0. The number of para-hydroxylation sites is 1. The van der Waals surface area contributed by atoms with Crippen LogP contribution in [-0.2, 0) is 11.3 Å². The molecule has 0 aliphatic rings. The van der Waals surface area contributed by atoms with Gasteiger partial charge in [-0.25, -0.2) is 9.48 Å². The summed E-state index contributed by atoms with van der Waals surface area (Å²) in [6.07, 6.45) is 0. The van der Waals surface area contributed by atoms with Gasteiger partial charge < -0.3 is 10.8 Å². The zero-order valence-electron chi connectivity index (χ0n) is 9.66. The van der Waals surface area contributed by atoms with Crippen LogP contribution in [0.15, 0.2) is 33.9 Å². The molecule has 1 heterocycles. The van der Waals surface area contributed by atoms with Gasteiger partial charge in [0, 0.05) is 11.3 Å². The van der Waals surface area contributed by atoms with Crippen molar-refractivity contribution in [1.29, 1.82) is 0 Å². The third kappa shape index (κ3) is 2.51. The summed E-state index contributed by atoms with van der Waals surface area (Å²) in [5.41, 5.74) is 4.66. The van der Waals surface area contributed by atoms with Crippen molar-refractivity contribution in [3.05, 3.63) is 45.1 Å². The normalized spacial score (nSPS) is 10.3. The SMILES string of the molecule is Nc1ccccc1-c1nn(CC(=O)O)c(=O)[nH]c1=O. The standard InChI is InChI=1S/C11H10N4O4/c12-7-4-2-1-3-6(7)9-10(18)13-11(19)15(14-9)5-8(16)17/h1-4H,5,12H2,(H,16,17)(H,13,18,19). The average molecular weight is 262 g/mol. The summed E-state index contributed by atoms with van der Waals surface area (Å²) < 4.78 is 0.658.